The molecule has 3 saturated carbocycles. The van der Waals surface area contributed by atoms with E-state index in [2.05, 4.69) is 12.2 Å². The minimum absolute atomic E-state index is 0.883. The van der Waals surface area contributed by atoms with Crippen LogP contribution in [0.25, 0.3) is 0 Å². The average Bonchev–Trinajstić information content (AvgIpc) is 3.01. The van der Waals surface area contributed by atoms with Gasteiger partial charge in [-0.2, -0.15) is 0 Å². The highest BCUT2D eigenvalue weighted by Crippen LogP contribution is 2.58. The van der Waals surface area contributed by atoms with Crippen LogP contribution in [0.5, 0.6) is 0 Å². The third kappa shape index (κ3) is 2.54. The van der Waals surface area contributed by atoms with Crippen molar-refractivity contribution in [2.75, 3.05) is 6.54 Å². The lowest BCUT2D eigenvalue weighted by Crippen LogP contribution is -2.36. The molecule has 0 aromatic carbocycles. The van der Waals surface area contributed by atoms with Crippen LogP contribution in [0.2, 0.25) is 0 Å². The Hall–Kier alpha value is -0.0400. The zero-order valence-corrected chi connectivity index (χ0v) is 11.5. The molecule has 0 aromatic heterocycles. The smallest absolute Gasteiger partial charge is 0.0103 e. The summed E-state index contributed by atoms with van der Waals surface area (Å²) in [6.45, 7) is 3.54. The molecular weight excluding hydrogens is 206 g/mol. The van der Waals surface area contributed by atoms with Crippen LogP contribution in [0.15, 0.2) is 0 Å². The molecule has 1 nitrogen and oxygen atoms in total. The first-order valence-corrected chi connectivity index (χ1v) is 8.13. The van der Waals surface area contributed by atoms with Crippen molar-refractivity contribution in [3.05, 3.63) is 0 Å². The molecule has 3 aliphatic carbocycles. The van der Waals surface area contributed by atoms with E-state index in [4.69, 9.17) is 0 Å². The molecule has 0 spiro atoms. The molecule has 17 heavy (non-hydrogen) atoms. The second kappa shape index (κ2) is 5.30. The second-order valence-electron chi connectivity index (χ2n) is 6.78. The van der Waals surface area contributed by atoms with Crippen LogP contribution < -0.4 is 5.32 Å². The quantitative estimate of drug-likeness (QED) is 0.734. The van der Waals surface area contributed by atoms with E-state index in [0.717, 1.165) is 29.7 Å². The van der Waals surface area contributed by atoms with E-state index in [9.17, 15) is 0 Å². The summed E-state index contributed by atoms with van der Waals surface area (Å²) in [5.74, 6) is 4.40. The van der Waals surface area contributed by atoms with Crippen LogP contribution >= 0.6 is 0 Å². The number of hydrogen-bond acceptors (Lipinski definition) is 1. The first-order valence-electron chi connectivity index (χ1n) is 8.13. The van der Waals surface area contributed by atoms with Gasteiger partial charge in [0.1, 0.15) is 0 Å². The summed E-state index contributed by atoms with van der Waals surface area (Å²) in [7, 11) is 0. The first-order chi connectivity index (χ1) is 8.40. The fraction of sp³-hybridized carbons (Fsp3) is 1.00. The molecule has 0 bridgehead atoms. The van der Waals surface area contributed by atoms with Gasteiger partial charge in [0.25, 0.3) is 0 Å². The Labute approximate surface area is 107 Å². The van der Waals surface area contributed by atoms with E-state index in [1.54, 1.807) is 12.8 Å². The van der Waals surface area contributed by atoms with Crippen molar-refractivity contribution in [2.45, 2.75) is 70.8 Å². The first kappa shape index (κ1) is 12.0. The molecule has 3 rings (SSSR count). The van der Waals surface area contributed by atoms with Crippen LogP contribution in [0.3, 0.4) is 0 Å². The molecule has 0 aromatic rings. The lowest BCUT2D eigenvalue weighted by Gasteiger charge is -2.30. The van der Waals surface area contributed by atoms with Gasteiger partial charge in [-0.05, 0) is 55.9 Å². The van der Waals surface area contributed by atoms with E-state index in [1.807, 2.05) is 0 Å². The molecule has 0 aliphatic heterocycles. The Morgan fingerprint density at radius 1 is 1.00 bits per heavy atom. The topological polar surface area (TPSA) is 12.0 Å². The molecule has 3 fully saturated rings. The van der Waals surface area contributed by atoms with Crippen molar-refractivity contribution < 1.29 is 0 Å². The Balaban J connectivity index is 1.54. The molecule has 1 heteroatoms. The highest BCUT2D eigenvalue weighted by atomic mass is 14.9. The minimum atomic E-state index is 0.883. The zero-order chi connectivity index (χ0) is 11.7. The maximum Gasteiger partial charge on any atom is 0.0103 e. The van der Waals surface area contributed by atoms with E-state index < -0.39 is 0 Å². The molecule has 0 amide bonds. The Bertz CT molecular complexity index is 234. The highest BCUT2D eigenvalue weighted by molar-refractivity contribution is 5.05. The van der Waals surface area contributed by atoms with Gasteiger partial charge in [-0.15, -0.1) is 0 Å². The van der Waals surface area contributed by atoms with Crippen molar-refractivity contribution >= 4 is 0 Å². The van der Waals surface area contributed by atoms with Crippen molar-refractivity contribution in [1.29, 1.82) is 0 Å². The predicted octanol–water partition coefficient (Wildman–Crippen LogP) is 3.98. The second-order valence-corrected chi connectivity index (χ2v) is 6.78. The zero-order valence-electron chi connectivity index (χ0n) is 11.5. The van der Waals surface area contributed by atoms with Gasteiger partial charge in [-0.3, -0.25) is 0 Å². The molecule has 0 heterocycles. The SMILES string of the molecule is CCCNC(CC1CCC1)C1C2CCCCC21. The fourth-order valence-corrected chi connectivity index (χ4v) is 4.44. The van der Waals surface area contributed by atoms with Crippen LogP contribution in [0, 0.1) is 23.7 Å². The lowest BCUT2D eigenvalue weighted by atomic mass is 9.79. The normalized spacial score (nSPS) is 38.3. The third-order valence-electron chi connectivity index (χ3n) is 5.66. The standard InChI is InChI=1S/C16H29N/c1-2-10-17-15(11-12-6-5-7-12)16-13-8-3-4-9-14(13)16/h12-17H,2-11H2,1H3. The molecule has 3 aliphatic rings. The summed E-state index contributed by atoms with van der Waals surface area (Å²) in [5.41, 5.74) is 0. The number of nitrogens with one attached hydrogen (secondary N) is 1. The number of rotatable bonds is 6. The average molecular weight is 235 g/mol. The van der Waals surface area contributed by atoms with Gasteiger partial charge < -0.3 is 5.32 Å². The summed E-state index contributed by atoms with van der Waals surface area (Å²) in [5, 5.41) is 3.89. The summed E-state index contributed by atoms with van der Waals surface area (Å²) < 4.78 is 0. The number of hydrogen-bond donors (Lipinski definition) is 1. The van der Waals surface area contributed by atoms with Crippen LogP contribution in [-0.2, 0) is 0 Å². The molecule has 0 radical (unpaired) electrons. The number of fused-ring (bicyclic) bond motifs is 1. The maximum atomic E-state index is 3.89. The van der Waals surface area contributed by atoms with Crippen LogP contribution in [-0.4, -0.2) is 12.6 Å². The molecule has 1 N–H and O–H groups in total. The minimum Gasteiger partial charge on any atom is -0.314 e. The Kier molecular flexibility index (Phi) is 3.75. The van der Waals surface area contributed by atoms with E-state index in [1.165, 1.54) is 51.5 Å². The molecular formula is C16H29N. The maximum absolute atomic E-state index is 3.89. The van der Waals surface area contributed by atoms with Crippen molar-refractivity contribution in [2.24, 2.45) is 23.7 Å². The van der Waals surface area contributed by atoms with Gasteiger partial charge in [0, 0.05) is 6.04 Å². The summed E-state index contributed by atoms with van der Waals surface area (Å²) in [6.07, 6.45) is 13.5. The van der Waals surface area contributed by atoms with Crippen LogP contribution in [0.1, 0.15) is 64.7 Å². The van der Waals surface area contributed by atoms with Crippen LogP contribution in [0.4, 0.5) is 0 Å². The Morgan fingerprint density at radius 3 is 2.24 bits per heavy atom. The van der Waals surface area contributed by atoms with Gasteiger partial charge in [-0.1, -0.05) is 39.0 Å². The fourth-order valence-electron chi connectivity index (χ4n) is 4.44. The monoisotopic (exact) mass is 235 g/mol. The summed E-state index contributed by atoms with van der Waals surface area (Å²) >= 11 is 0. The van der Waals surface area contributed by atoms with Gasteiger partial charge >= 0.3 is 0 Å². The summed E-state index contributed by atoms with van der Waals surface area (Å²) in [6, 6.07) is 0.883. The van der Waals surface area contributed by atoms with E-state index in [0.29, 0.717) is 0 Å². The molecule has 98 valence electrons. The predicted molar refractivity (Wildman–Crippen MR) is 73.0 cm³/mol. The van der Waals surface area contributed by atoms with E-state index in [-0.39, 0.29) is 0 Å². The van der Waals surface area contributed by atoms with Gasteiger partial charge in [0.15, 0.2) is 0 Å². The molecule has 3 unspecified atom stereocenters. The Morgan fingerprint density at radius 2 is 1.71 bits per heavy atom. The van der Waals surface area contributed by atoms with Crippen molar-refractivity contribution in [3.63, 3.8) is 0 Å². The van der Waals surface area contributed by atoms with E-state index >= 15 is 0 Å². The molecule has 3 atom stereocenters. The third-order valence-corrected chi connectivity index (χ3v) is 5.66. The van der Waals surface area contributed by atoms with Gasteiger partial charge in [0.05, 0.1) is 0 Å². The van der Waals surface area contributed by atoms with Gasteiger partial charge in [-0.25, -0.2) is 0 Å². The van der Waals surface area contributed by atoms with Crippen molar-refractivity contribution in [3.8, 4) is 0 Å². The summed E-state index contributed by atoms with van der Waals surface area (Å²) in [4.78, 5) is 0. The lowest BCUT2D eigenvalue weighted by molar-refractivity contribution is 0.242. The largest absolute Gasteiger partial charge is 0.314 e. The highest BCUT2D eigenvalue weighted by Gasteiger charge is 2.54. The van der Waals surface area contributed by atoms with Gasteiger partial charge in [0.2, 0.25) is 0 Å². The molecule has 0 saturated heterocycles. The van der Waals surface area contributed by atoms with Crippen molar-refractivity contribution in [1.82, 2.24) is 5.32 Å².